The summed E-state index contributed by atoms with van der Waals surface area (Å²) in [6, 6.07) is 5.08. The highest BCUT2D eigenvalue weighted by Gasteiger charge is 2.31. The minimum Gasteiger partial charge on any atom is -0.487 e. The second-order valence-corrected chi connectivity index (χ2v) is 7.08. The van der Waals surface area contributed by atoms with Crippen molar-refractivity contribution in [3.05, 3.63) is 51.7 Å². The predicted molar refractivity (Wildman–Crippen MR) is 86.2 cm³/mol. The first-order valence-corrected chi connectivity index (χ1v) is 8.12. The Morgan fingerprint density at radius 3 is 3.12 bits per heavy atom. The number of fused-ring (bicyclic) bond motifs is 2. The highest BCUT2D eigenvalue weighted by Crippen LogP contribution is 2.40. The van der Waals surface area contributed by atoms with Gasteiger partial charge in [0.1, 0.15) is 6.61 Å². The Labute approximate surface area is 139 Å². The lowest BCUT2D eigenvalue weighted by Gasteiger charge is -2.19. The molecule has 5 nitrogen and oxygen atoms in total. The molecule has 1 unspecified atom stereocenters. The molecule has 0 spiro atoms. The van der Waals surface area contributed by atoms with Crippen molar-refractivity contribution in [1.82, 2.24) is 9.55 Å². The summed E-state index contributed by atoms with van der Waals surface area (Å²) in [7, 11) is 0. The van der Waals surface area contributed by atoms with Gasteiger partial charge in [0.25, 0.3) is 11.6 Å². The minimum absolute atomic E-state index is 0.0171. The quantitative estimate of drug-likeness (QED) is 0.867. The fourth-order valence-electron chi connectivity index (χ4n) is 3.45. The van der Waals surface area contributed by atoms with E-state index in [0.29, 0.717) is 6.54 Å². The molecular weight excluding hydrogens is 311 g/mol. The summed E-state index contributed by atoms with van der Waals surface area (Å²) in [5.74, 6) is -0.0830. The molecule has 0 saturated carbocycles. The van der Waals surface area contributed by atoms with Crippen molar-refractivity contribution in [2.75, 3.05) is 6.61 Å². The van der Waals surface area contributed by atoms with E-state index in [1.807, 2.05) is 6.07 Å². The van der Waals surface area contributed by atoms with Crippen LogP contribution in [-0.4, -0.2) is 22.3 Å². The van der Waals surface area contributed by atoms with Crippen LogP contribution in [0, 0.1) is 5.82 Å². The van der Waals surface area contributed by atoms with Gasteiger partial charge in [-0.15, -0.1) is 0 Å². The molecule has 1 aromatic heterocycles. The number of aromatic nitrogens is 2. The monoisotopic (exact) mass is 330 g/mol. The Kier molecular flexibility index (Phi) is 3.37. The number of aryl methyl sites for hydroxylation is 1. The molecule has 2 heterocycles. The molecule has 0 N–H and O–H groups in total. The molecule has 0 radical (unpaired) electrons. The fourth-order valence-corrected chi connectivity index (χ4v) is 3.45. The standard InChI is InChI=1S/C18H19FN2O3/c1-18(2)5-3-11-7-15(14(19)8-13(11)18)23-10-12-9-21-6-4-16(22)20-17(21)24-12/h4,6-8,12H,3,5,9-10H2,1-2H3. The Bertz CT molecular complexity index is 860. The van der Waals surface area contributed by atoms with Crippen LogP contribution < -0.4 is 15.0 Å². The van der Waals surface area contributed by atoms with Gasteiger partial charge in [-0.2, -0.15) is 4.98 Å². The predicted octanol–water partition coefficient (Wildman–Crippen LogP) is 2.45. The van der Waals surface area contributed by atoms with Gasteiger partial charge in [-0.3, -0.25) is 9.36 Å². The molecule has 1 aliphatic heterocycles. The van der Waals surface area contributed by atoms with Crippen molar-refractivity contribution in [3.8, 4) is 11.8 Å². The van der Waals surface area contributed by atoms with E-state index < -0.39 is 0 Å². The minimum atomic E-state index is -0.341. The van der Waals surface area contributed by atoms with Crippen LogP contribution >= 0.6 is 0 Å². The molecule has 1 aromatic carbocycles. The second-order valence-electron chi connectivity index (χ2n) is 7.08. The van der Waals surface area contributed by atoms with E-state index in [1.165, 1.54) is 6.07 Å². The van der Waals surface area contributed by atoms with Crippen LogP contribution in [0.3, 0.4) is 0 Å². The Balaban J connectivity index is 1.47. The number of nitrogens with zero attached hydrogens (tertiary/aromatic N) is 2. The molecule has 24 heavy (non-hydrogen) atoms. The highest BCUT2D eigenvalue weighted by molar-refractivity contribution is 5.44. The molecule has 6 heteroatoms. The summed E-state index contributed by atoms with van der Waals surface area (Å²) in [6.07, 6.45) is 3.31. The summed E-state index contributed by atoms with van der Waals surface area (Å²) in [5.41, 5.74) is 1.90. The molecule has 1 atom stereocenters. The third kappa shape index (κ3) is 2.56. The highest BCUT2D eigenvalue weighted by atomic mass is 19.1. The molecular formula is C18H19FN2O3. The Morgan fingerprint density at radius 2 is 2.29 bits per heavy atom. The van der Waals surface area contributed by atoms with Crippen LogP contribution in [0.1, 0.15) is 31.4 Å². The number of hydrogen-bond acceptors (Lipinski definition) is 4. The lowest BCUT2D eigenvalue weighted by Crippen LogP contribution is -2.23. The molecule has 0 saturated heterocycles. The van der Waals surface area contributed by atoms with E-state index in [9.17, 15) is 9.18 Å². The SMILES string of the molecule is CC1(C)CCc2cc(OCC3Cn4ccc(=O)nc4O3)c(F)cc21. The maximum atomic E-state index is 14.4. The van der Waals surface area contributed by atoms with E-state index in [2.05, 4.69) is 18.8 Å². The molecule has 4 rings (SSSR count). The van der Waals surface area contributed by atoms with Gasteiger partial charge >= 0.3 is 0 Å². The number of halogens is 1. The maximum absolute atomic E-state index is 14.4. The topological polar surface area (TPSA) is 53.4 Å². The summed E-state index contributed by atoms with van der Waals surface area (Å²) in [5, 5.41) is 0. The fraction of sp³-hybridized carbons (Fsp3) is 0.444. The van der Waals surface area contributed by atoms with Crippen molar-refractivity contribution < 1.29 is 13.9 Å². The van der Waals surface area contributed by atoms with Gasteiger partial charge in [0, 0.05) is 12.3 Å². The van der Waals surface area contributed by atoms with Gasteiger partial charge in [-0.05, 0) is 41.5 Å². The number of rotatable bonds is 3. The Hall–Kier alpha value is -2.37. The molecule has 1 aliphatic carbocycles. The van der Waals surface area contributed by atoms with Crippen LogP contribution in [-0.2, 0) is 18.4 Å². The Morgan fingerprint density at radius 1 is 1.46 bits per heavy atom. The van der Waals surface area contributed by atoms with E-state index in [1.54, 1.807) is 16.8 Å². The van der Waals surface area contributed by atoms with Crippen LogP contribution in [0.4, 0.5) is 4.39 Å². The van der Waals surface area contributed by atoms with Crippen molar-refractivity contribution >= 4 is 0 Å². The van der Waals surface area contributed by atoms with E-state index >= 15 is 0 Å². The van der Waals surface area contributed by atoms with E-state index in [0.717, 1.165) is 24.0 Å². The largest absolute Gasteiger partial charge is 0.487 e. The van der Waals surface area contributed by atoms with Gasteiger partial charge in [0.15, 0.2) is 17.7 Å². The summed E-state index contributed by atoms with van der Waals surface area (Å²) in [6.45, 7) is 5.01. The summed E-state index contributed by atoms with van der Waals surface area (Å²) < 4.78 is 27.3. The smallest absolute Gasteiger partial charge is 0.300 e. The zero-order valence-corrected chi connectivity index (χ0v) is 13.7. The van der Waals surface area contributed by atoms with Crippen LogP contribution in [0.2, 0.25) is 0 Å². The average Bonchev–Trinajstić information content (AvgIpc) is 3.06. The number of ether oxygens (including phenoxy) is 2. The zero-order valence-electron chi connectivity index (χ0n) is 13.7. The van der Waals surface area contributed by atoms with Gasteiger partial charge in [0.05, 0.1) is 6.54 Å². The normalized spacial score (nSPS) is 20.4. The van der Waals surface area contributed by atoms with Gasteiger partial charge in [0.2, 0.25) is 0 Å². The number of benzene rings is 1. The first-order chi connectivity index (χ1) is 11.4. The van der Waals surface area contributed by atoms with Crippen molar-refractivity contribution in [2.24, 2.45) is 0 Å². The third-order valence-corrected chi connectivity index (χ3v) is 4.85. The molecule has 0 amide bonds. The molecule has 2 aromatic rings. The molecule has 0 fully saturated rings. The summed E-state index contributed by atoms with van der Waals surface area (Å²) in [4.78, 5) is 15.0. The first-order valence-electron chi connectivity index (χ1n) is 8.12. The van der Waals surface area contributed by atoms with Crippen LogP contribution in [0.25, 0.3) is 0 Å². The maximum Gasteiger partial charge on any atom is 0.300 e. The lowest BCUT2D eigenvalue weighted by atomic mass is 9.86. The molecule has 126 valence electrons. The summed E-state index contributed by atoms with van der Waals surface area (Å²) >= 11 is 0. The van der Waals surface area contributed by atoms with E-state index in [4.69, 9.17) is 9.47 Å². The third-order valence-electron chi connectivity index (χ3n) is 4.85. The number of hydrogen-bond donors (Lipinski definition) is 0. The van der Waals surface area contributed by atoms with Crippen LogP contribution in [0.15, 0.2) is 29.2 Å². The molecule has 2 aliphatic rings. The second kappa shape index (κ2) is 5.33. The molecule has 0 bridgehead atoms. The lowest BCUT2D eigenvalue weighted by molar-refractivity contribution is 0.140. The van der Waals surface area contributed by atoms with Gasteiger partial charge < -0.3 is 9.47 Å². The van der Waals surface area contributed by atoms with Crippen molar-refractivity contribution in [3.63, 3.8) is 0 Å². The van der Waals surface area contributed by atoms with Gasteiger partial charge in [-0.25, -0.2) is 4.39 Å². The first kappa shape index (κ1) is 15.2. The average molecular weight is 330 g/mol. The van der Waals surface area contributed by atoms with Crippen LogP contribution in [0.5, 0.6) is 11.8 Å². The van der Waals surface area contributed by atoms with E-state index in [-0.39, 0.29) is 41.3 Å². The van der Waals surface area contributed by atoms with Crippen molar-refractivity contribution in [2.45, 2.75) is 44.8 Å². The zero-order chi connectivity index (χ0) is 16.9. The van der Waals surface area contributed by atoms with Crippen molar-refractivity contribution in [1.29, 1.82) is 0 Å². The van der Waals surface area contributed by atoms with Gasteiger partial charge in [-0.1, -0.05) is 13.8 Å².